The van der Waals surface area contributed by atoms with E-state index in [-0.39, 0.29) is 24.0 Å². The van der Waals surface area contributed by atoms with Gasteiger partial charge in [-0.1, -0.05) is 0 Å². The molecule has 0 aliphatic carbocycles. The van der Waals surface area contributed by atoms with Crippen LogP contribution >= 0.6 is 11.3 Å². The largest absolute Gasteiger partial charge is 0.462 e. The van der Waals surface area contributed by atoms with Crippen LogP contribution in [0.4, 0.5) is 5.82 Å². The van der Waals surface area contributed by atoms with Crippen LogP contribution in [-0.2, 0) is 9.53 Å². The second kappa shape index (κ2) is 7.12. The molecule has 0 saturated heterocycles. The van der Waals surface area contributed by atoms with Crippen molar-refractivity contribution < 1.29 is 14.3 Å². The monoisotopic (exact) mass is 350 g/mol. The van der Waals surface area contributed by atoms with Gasteiger partial charge in [0.2, 0.25) is 5.91 Å². The van der Waals surface area contributed by atoms with E-state index in [9.17, 15) is 9.59 Å². The maximum absolute atomic E-state index is 12.0. The third-order valence-corrected chi connectivity index (χ3v) is 4.30. The van der Waals surface area contributed by atoms with Crippen molar-refractivity contribution in [3.63, 3.8) is 0 Å². The average Bonchev–Trinajstić information content (AvgIpc) is 2.81. The molecule has 8 heteroatoms. The summed E-state index contributed by atoms with van der Waals surface area (Å²) < 4.78 is 5.07. The summed E-state index contributed by atoms with van der Waals surface area (Å²) in [6, 6.07) is 0. The Labute approximate surface area is 144 Å². The van der Waals surface area contributed by atoms with Crippen LogP contribution in [0.25, 0.3) is 10.2 Å². The molecule has 2 aromatic rings. The number of anilines is 1. The highest BCUT2D eigenvalue weighted by Gasteiger charge is 2.20. The number of nitrogens with zero attached hydrogens (tertiary/aromatic N) is 2. The second-order valence-corrected chi connectivity index (χ2v) is 7.33. The van der Waals surface area contributed by atoms with Gasteiger partial charge in [-0.05, 0) is 40.2 Å². The summed E-state index contributed by atoms with van der Waals surface area (Å²) in [7, 11) is 0. The van der Waals surface area contributed by atoms with Crippen LogP contribution in [0.5, 0.6) is 0 Å². The lowest BCUT2D eigenvalue weighted by Gasteiger charge is -2.20. The SMILES string of the molecule is CCOC(=O)c1sc2ncnc(NCC(=O)NC(C)(C)C)c2c1C. The maximum Gasteiger partial charge on any atom is 0.348 e. The summed E-state index contributed by atoms with van der Waals surface area (Å²) in [5.74, 6) is 0.0375. The highest BCUT2D eigenvalue weighted by atomic mass is 32.1. The van der Waals surface area contributed by atoms with Gasteiger partial charge in [-0.2, -0.15) is 0 Å². The molecule has 0 saturated carbocycles. The van der Waals surface area contributed by atoms with Gasteiger partial charge in [-0.25, -0.2) is 14.8 Å². The lowest BCUT2D eigenvalue weighted by Crippen LogP contribution is -2.43. The lowest BCUT2D eigenvalue weighted by atomic mass is 10.1. The number of carbonyl (C=O) groups excluding carboxylic acids is 2. The van der Waals surface area contributed by atoms with Crippen LogP contribution in [0.15, 0.2) is 6.33 Å². The standard InChI is InChI=1S/C16H22N4O3S/c1-6-23-15(22)12-9(2)11-13(18-8-19-14(11)24-12)17-7-10(21)20-16(3,4)5/h8H,6-7H2,1-5H3,(H,20,21)(H,17,18,19). The van der Waals surface area contributed by atoms with Crippen LogP contribution in [0, 0.1) is 6.92 Å². The van der Waals surface area contributed by atoms with Gasteiger partial charge in [0.15, 0.2) is 0 Å². The molecule has 24 heavy (non-hydrogen) atoms. The number of rotatable bonds is 5. The second-order valence-electron chi connectivity index (χ2n) is 6.33. The number of hydrogen-bond donors (Lipinski definition) is 2. The topological polar surface area (TPSA) is 93.2 Å². The molecule has 0 aromatic carbocycles. The molecule has 0 fully saturated rings. The van der Waals surface area contributed by atoms with Crippen LogP contribution in [0.2, 0.25) is 0 Å². The average molecular weight is 350 g/mol. The van der Waals surface area contributed by atoms with Gasteiger partial charge in [0, 0.05) is 5.54 Å². The number of carbonyl (C=O) groups is 2. The van der Waals surface area contributed by atoms with Gasteiger partial charge in [-0.3, -0.25) is 4.79 Å². The van der Waals surface area contributed by atoms with Crippen molar-refractivity contribution in [3.8, 4) is 0 Å². The van der Waals surface area contributed by atoms with Crippen LogP contribution in [0.3, 0.4) is 0 Å². The lowest BCUT2D eigenvalue weighted by molar-refractivity contribution is -0.120. The number of hydrogen-bond acceptors (Lipinski definition) is 7. The van der Waals surface area contributed by atoms with Crippen molar-refractivity contribution >= 4 is 39.2 Å². The number of nitrogens with one attached hydrogen (secondary N) is 2. The molecule has 1 amide bonds. The summed E-state index contributed by atoms with van der Waals surface area (Å²) in [5.41, 5.74) is 0.461. The molecule has 2 rings (SSSR count). The zero-order valence-electron chi connectivity index (χ0n) is 14.5. The number of aromatic nitrogens is 2. The highest BCUT2D eigenvalue weighted by molar-refractivity contribution is 7.20. The quantitative estimate of drug-likeness (QED) is 0.805. The number of thiophene rings is 1. The summed E-state index contributed by atoms with van der Waals surface area (Å²) in [6.07, 6.45) is 1.41. The minimum Gasteiger partial charge on any atom is -0.462 e. The first-order valence-electron chi connectivity index (χ1n) is 7.69. The number of esters is 1. The van der Waals surface area contributed by atoms with Gasteiger partial charge in [0.05, 0.1) is 18.5 Å². The number of ether oxygens (including phenoxy) is 1. The summed E-state index contributed by atoms with van der Waals surface area (Å²) in [5, 5.41) is 6.65. The Morgan fingerprint density at radius 3 is 2.62 bits per heavy atom. The third kappa shape index (κ3) is 4.19. The van der Waals surface area contributed by atoms with Crippen LogP contribution in [0.1, 0.15) is 42.9 Å². The van der Waals surface area contributed by atoms with Crippen LogP contribution in [-0.4, -0.2) is 40.5 Å². The van der Waals surface area contributed by atoms with E-state index in [1.807, 2.05) is 27.7 Å². The maximum atomic E-state index is 12.0. The van der Waals surface area contributed by atoms with Gasteiger partial charge in [0.1, 0.15) is 21.9 Å². The van der Waals surface area contributed by atoms with E-state index >= 15 is 0 Å². The van der Waals surface area contributed by atoms with Crippen molar-refractivity contribution in [1.29, 1.82) is 0 Å². The molecule has 2 aromatic heterocycles. The van der Waals surface area contributed by atoms with E-state index in [1.54, 1.807) is 6.92 Å². The Balaban J connectivity index is 2.25. The Kier molecular flexibility index (Phi) is 5.38. The molecule has 2 heterocycles. The number of amides is 1. The Morgan fingerprint density at radius 1 is 1.29 bits per heavy atom. The molecular weight excluding hydrogens is 328 g/mol. The minimum atomic E-state index is -0.366. The smallest absolute Gasteiger partial charge is 0.348 e. The van der Waals surface area contributed by atoms with E-state index in [1.165, 1.54) is 17.7 Å². The molecule has 0 radical (unpaired) electrons. The van der Waals surface area contributed by atoms with E-state index < -0.39 is 0 Å². The van der Waals surface area contributed by atoms with Crippen molar-refractivity contribution in [2.45, 2.75) is 40.2 Å². The molecule has 0 aliphatic rings. The van der Waals surface area contributed by atoms with Crippen molar-refractivity contribution in [2.75, 3.05) is 18.5 Å². The van der Waals surface area contributed by atoms with E-state index in [0.717, 1.165) is 10.9 Å². The molecule has 2 N–H and O–H groups in total. The molecule has 0 bridgehead atoms. The summed E-state index contributed by atoms with van der Waals surface area (Å²) in [6.45, 7) is 9.76. The minimum absolute atomic E-state index is 0.0907. The molecule has 0 spiro atoms. The van der Waals surface area contributed by atoms with Crippen molar-refractivity contribution in [1.82, 2.24) is 15.3 Å². The molecule has 0 unspecified atom stereocenters. The molecule has 0 atom stereocenters. The van der Waals surface area contributed by atoms with Crippen molar-refractivity contribution in [2.24, 2.45) is 0 Å². The van der Waals surface area contributed by atoms with E-state index in [4.69, 9.17) is 4.74 Å². The number of fused-ring (bicyclic) bond motifs is 1. The highest BCUT2D eigenvalue weighted by Crippen LogP contribution is 2.33. The summed E-state index contributed by atoms with van der Waals surface area (Å²) >= 11 is 1.26. The zero-order valence-corrected chi connectivity index (χ0v) is 15.3. The van der Waals surface area contributed by atoms with E-state index in [2.05, 4.69) is 20.6 Å². The van der Waals surface area contributed by atoms with Gasteiger partial charge < -0.3 is 15.4 Å². The fraction of sp³-hybridized carbons (Fsp3) is 0.500. The Morgan fingerprint density at radius 2 is 2.00 bits per heavy atom. The molecule has 0 aliphatic heterocycles. The fourth-order valence-electron chi connectivity index (χ4n) is 2.22. The van der Waals surface area contributed by atoms with Crippen LogP contribution < -0.4 is 10.6 Å². The van der Waals surface area contributed by atoms with Crippen molar-refractivity contribution in [3.05, 3.63) is 16.8 Å². The predicted octanol–water partition coefficient (Wildman–Crippen LogP) is 2.50. The van der Waals surface area contributed by atoms with Gasteiger partial charge in [0.25, 0.3) is 0 Å². The first-order valence-corrected chi connectivity index (χ1v) is 8.50. The molecular formula is C16H22N4O3S. The predicted molar refractivity (Wildman–Crippen MR) is 94.5 cm³/mol. The first-order chi connectivity index (χ1) is 11.2. The normalized spacial score (nSPS) is 11.4. The fourth-order valence-corrected chi connectivity index (χ4v) is 3.27. The van der Waals surface area contributed by atoms with Gasteiger partial charge in [-0.15, -0.1) is 11.3 Å². The Hall–Kier alpha value is -2.22. The first kappa shape index (κ1) is 18.1. The zero-order chi connectivity index (χ0) is 17.9. The molecule has 130 valence electrons. The molecule has 7 nitrogen and oxygen atoms in total. The number of aryl methyl sites for hydroxylation is 1. The van der Waals surface area contributed by atoms with E-state index in [0.29, 0.717) is 22.1 Å². The van der Waals surface area contributed by atoms with Gasteiger partial charge >= 0.3 is 5.97 Å². The third-order valence-electron chi connectivity index (χ3n) is 3.12. The Bertz CT molecular complexity index is 765. The summed E-state index contributed by atoms with van der Waals surface area (Å²) in [4.78, 5) is 33.6.